The van der Waals surface area contributed by atoms with Gasteiger partial charge >= 0.3 is 0 Å². The average Bonchev–Trinajstić information content (AvgIpc) is 2.24. The van der Waals surface area contributed by atoms with Crippen molar-refractivity contribution in [3.63, 3.8) is 0 Å². The molecule has 0 aliphatic rings. The number of aromatic nitrogens is 1. The Balaban J connectivity index is 2.54. The zero-order valence-corrected chi connectivity index (χ0v) is 8.99. The molecule has 0 atom stereocenters. The van der Waals surface area contributed by atoms with Crippen LogP contribution in [0.5, 0.6) is 0 Å². The van der Waals surface area contributed by atoms with Crippen molar-refractivity contribution in [1.29, 1.82) is 0 Å². The van der Waals surface area contributed by atoms with Crippen LogP contribution in [0.2, 0.25) is 0 Å². The fourth-order valence-electron chi connectivity index (χ4n) is 1.51. The van der Waals surface area contributed by atoms with Crippen LogP contribution in [0.3, 0.4) is 0 Å². The highest BCUT2D eigenvalue weighted by atomic mass is 14.7. The van der Waals surface area contributed by atoms with Crippen molar-refractivity contribution in [3.05, 3.63) is 47.7 Å². The maximum absolute atomic E-state index is 5.99. The molecule has 0 spiro atoms. The Labute approximate surface area is 89.8 Å². The number of hydrogen-bond donors (Lipinski definition) is 1. The molecular weight excluding hydrogens is 184 g/mol. The van der Waals surface area contributed by atoms with Gasteiger partial charge in [0.1, 0.15) is 0 Å². The van der Waals surface area contributed by atoms with Crippen LogP contribution in [0.15, 0.2) is 36.5 Å². The quantitative estimate of drug-likeness (QED) is 0.765. The minimum atomic E-state index is 0.765. The standard InChI is InChI=1S/C13H14N2/c1-9-3-5-11(6-4-9)13-12(14)10(2)7-8-15-13/h3-8H,14H2,1-2H3. The zero-order chi connectivity index (χ0) is 10.8. The van der Waals surface area contributed by atoms with E-state index in [9.17, 15) is 0 Å². The lowest BCUT2D eigenvalue weighted by Crippen LogP contribution is -1.96. The maximum atomic E-state index is 5.99. The first-order valence-corrected chi connectivity index (χ1v) is 4.96. The number of rotatable bonds is 1. The summed E-state index contributed by atoms with van der Waals surface area (Å²) in [5.41, 5.74) is 11.0. The van der Waals surface area contributed by atoms with Gasteiger partial charge in [0.2, 0.25) is 0 Å². The molecule has 1 aromatic heterocycles. The van der Waals surface area contributed by atoms with Crippen LogP contribution < -0.4 is 5.73 Å². The Bertz CT molecular complexity index is 472. The van der Waals surface area contributed by atoms with Crippen LogP contribution in [0.4, 0.5) is 5.69 Å². The first kappa shape index (κ1) is 9.71. The van der Waals surface area contributed by atoms with Crippen molar-refractivity contribution in [2.45, 2.75) is 13.8 Å². The molecule has 0 radical (unpaired) electrons. The number of hydrogen-bond acceptors (Lipinski definition) is 2. The summed E-state index contributed by atoms with van der Waals surface area (Å²) in [5.74, 6) is 0. The number of aryl methyl sites for hydroxylation is 2. The van der Waals surface area contributed by atoms with E-state index < -0.39 is 0 Å². The predicted octanol–water partition coefficient (Wildman–Crippen LogP) is 2.95. The van der Waals surface area contributed by atoms with Crippen LogP contribution >= 0.6 is 0 Å². The smallest absolute Gasteiger partial charge is 0.0933 e. The van der Waals surface area contributed by atoms with Crippen molar-refractivity contribution < 1.29 is 0 Å². The molecule has 1 heterocycles. The van der Waals surface area contributed by atoms with Gasteiger partial charge in [-0.3, -0.25) is 4.98 Å². The van der Waals surface area contributed by atoms with Gasteiger partial charge in [0.15, 0.2) is 0 Å². The summed E-state index contributed by atoms with van der Waals surface area (Å²) in [6.07, 6.45) is 1.79. The summed E-state index contributed by atoms with van der Waals surface area (Å²) in [7, 11) is 0. The minimum absolute atomic E-state index is 0.765. The van der Waals surface area contributed by atoms with Gasteiger partial charge in [-0.25, -0.2) is 0 Å². The normalized spacial score (nSPS) is 10.3. The molecule has 0 aliphatic carbocycles. The Hall–Kier alpha value is -1.83. The van der Waals surface area contributed by atoms with Gasteiger partial charge in [-0.05, 0) is 25.5 Å². The topological polar surface area (TPSA) is 38.9 Å². The Kier molecular flexibility index (Phi) is 2.42. The van der Waals surface area contributed by atoms with E-state index in [0.29, 0.717) is 0 Å². The van der Waals surface area contributed by atoms with Crippen LogP contribution in [-0.4, -0.2) is 4.98 Å². The summed E-state index contributed by atoms with van der Waals surface area (Å²) < 4.78 is 0. The molecule has 0 saturated heterocycles. The van der Waals surface area contributed by atoms with Gasteiger partial charge in [0, 0.05) is 11.8 Å². The number of anilines is 1. The SMILES string of the molecule is Cc1ccc(-c2nccc(C)c2N)cc1. The molecular formula is C13H14N2. The first-order valence-electron chi connectivity index (χ1n) is 4.96. The molecule has 0 unspecified atom stereocenters. The van der Waals surface area contributed by atoms with Gasteiger partial charge in [0.05, 0.1) is 11.4 Å². The second-order valence-corrected chi connectivity index (χ2v) is 3.76. The average molecular weight is 198 g/mol. The third kappa shape index (κ3) is 1.84. The Morgan fingerprint density at radius 3 is 2.33 bits per heavy atom. The molecule has 1 aromatic carbocycles. The number of nitrogen functional groups attached to an aromatic ring is 1. The second kappa shape index (κ2) is 3.73. The molecule has 2 rings (SSSR count). The predicted molar refractivity (Wildman–Crippen MR) is 63.6 cm³/mol. The van der Waals surface area contributed by atoms with Crippen LogP contribution in [0.1, 0.15) is 11.1 Å². The van der Waals surface area contributed by atoms with Crippen molar-refractivity contribution in [1.82, 2.24) is 4.98 Å². The molecule has 2 aromatic rings. The first-order chi connectivity index (χ1) is 7.18. The van der Waals surface area contributed by atoms with E-state index in [2.05, 4.69) is 24.0 Å². The number of nitrogens with zero attached hydrogens (tertiary/aromatic N) is 1. The molecule has 0 fully saturated rings. The van der Waals surface area contributed by atoms with Gasteiger partial charge in [-0.1, -0.05) is 29.8 Å². The maximum Gasteiger partial charge on any atom is 0.0933 e. The molecule has 76 valence electrons. The fraction of sp³-hybridized carbons (Fsp3) is 0.154. The van der Waals surface area contributed by atoms with Gasteiger partial charge in [0.25, 0.3) is 0 Å². The number of pyridine rings is 1. The Morgan fingerprint density at radius 1 is 1.00 bits per heavy atom. The Morgan fingerprint density at radius 2 is 1.67 bits per heavy atom. The minimum Gasteiger partial charge on any atom is -0.397 e. The number of benzene rings is 1. The van der Waals surface area contributed by atoms with Crippen molar-refractivity contribution in [2.75, 3.05) is 5.73 Å². The molecule has 0 aliphatic heterocycles. The van der Waals surface area contributed by atoms with Crippen LogP contribution in [0.25, 0.3) is 11.3 Å². The van der Waals surface area contributed by atoms with E-state index in [4.69, 9.17) is 5.73 Å². The van der Waals surface area contributed by atoms with E-state index in [1.807, 2.05) is 25.1 Å². The zero-order valence-electron chi connectivity index (χ0n) is 8.99. The summed E-state index contributed by atoms with van der Waals surface area (Å²) >= 11 is 0. The highest BCUT2D eigenvalue weighted by molar-refractivity contribution is 5.74. The van der Waals surface area contributed by atoms with Crippen molar-refractivity contribution in [2.24, 2.45) is 0 Å². The largest absolute Gasteiger partial charge is 0.397 e. The van der Waals surface area contributed by atoms with E-state index in [0.717, 1.165) is 22.5 Å². The monoisotopic (exact) mass is 198 g/mol. The summed E-state index contributed by atoms with van der Waals surface area (Å²) in [5, 5.41) is 0. The van der Waals surface area contributed by atoms with Crippen molar-refractivity contribution >= 4 is 5.69 Å². The molecule has 0 amide bonds. The van der Waals surface area contributed by atoms with Crippen LogP contribution in [-0.2, 0) is 0 Å². The molecule has 15 heavy (non-hydrogen) atoms. The summed E-state index contributed by atoms with van der Waals surface area (Å²) in [4.78, 5) is 4.31. The molecule has 0 bridgehead atoms. The molecule has 2 N–H and O–H groups in total. The lowest BCUT2D eigenvalue weighted by Gasteiger charge is -2.07. The molecule has 0 saturated carbocycles. The number of nitrogens with two attached hydrogens (primary N) is 1. The summed E-state index contributed by atoms with van der Waals surface area (Å²) in [6.45, 7) is 4.06. The van der Waals surface area contributed by atoms with E-state index in [1.165, 1.54) is 5.56 Å². The van der Waals surface area contributed by atoms with Gasteiger partial charge in [-0.15, -0.1) is 0 Å². The third-order valence-corrected chi connectivity index (χ3v) is 2.53. The molecule has 2 heteroatoms. The van der Waals surface area contributed by atoms with E-state index in [1.54, 1.807) is 6.20 Å². The second-order valence-electron chi connectivity index (χ2n) is 3.76. The lowest BCUT2D eigenvalue weighted by atomic mass is 10.1. The highest BCUT2D eigenvalue weighted by Gasteiger charge is 2.05. The van der Waals surface area contributed by atoms with E-state index in [-0.39, 0.29) is 0 Å². The van der Waals surface area contributed by atoms with Gasteiger partial charge < -0.3 is 5.73 Å². The lowest BCUT2D eigenvalue weighted by molar-refractivity contribution is 1.29. The highest BCUT2D eigenvalue weighted by Crippen LogP contribution is 2.25. The fourth-order valence-corrected chi connectivity index (χ4v) is 1.51. The van der Waals surface area contributed by atoms with E-state index >= 15 is 0 Å². The molecule has 2 nitrogen and oxygen atoms in total. The third-order valence-electron chi connectivity index (χ3n) is 2.53. The van der Waals surface area contributed by atoms with Gasteiger partial charge in [-0.2, -0.15) is 0 Å². The van der Waals surface area contributed by atoms with Crippen LogP contribution in [0, 0.1) is 13.8 Å². The summed E-state index contributed by atoms with van der Waals surface area (Å²) in [6, 6.07) is 10.2. The van der Waals surface area contributed by atoms with Crippen molar-refractivity contribution in [3.8, 4) is 11.3 Å².